The average Bonchev–Trinajstić information content (AvgIpc) is 3.27. The molecule has 24 heavy (non-hydrogen) atoms. The molecule has 1 aliphatic rings. The van der Waals surface area contributed by atoms with Gasteiger partial charge < -0.3 is 10.3 Å². The molecule has 3 N–H and O–H groups in total. The highest BCUT2D eigenvalue weighted by atomic mass is 32.2. The van der Waals surface area contributed by atoms with Crippen molar-refractivity contribution >= 4 is 15.9 Å². The summed E-state index contributed by atoms with van der Waals surface area (Å²) in [5.74, 6) is 0.290. The van der Waals surface area contributed by atoms with Crippen molar-refractivity contribution in [1.29, 1.82) is 0 Å². The van der Waals surface area contributed by atoms with Gasteiger partial charge in [-0.2, -0.15) is 0 Å². The van der Waals surface area contributed by atoms with Crippen LogP contribution in [-0.4, -0.2) is 30.3 Å². The molecule has 0 bridgehead atoms. The van der Waals surface area contributed by atoms with Gasteiger partial charge in [-0.05, 0) is 31.0 Å². The van der Waals surface area contributed by atoms with Crippen LogP contribution in [0.3, 0.4) is 0 Å². The van der Waals surface area contributed by atoms with Crippen LogP contribution in [0.4, 0.5) is 0 Å². The summed E-state index contributed by atoms with van der Waals surface area (Å²) < 4.78 is 27.2. The van der Waals surface area contributed by atoms with Crippen molar-refractivity contribution in [3.63, 3.8) is 0 Å². The predicted octanol–water partition coefficient (Wildman–Crippen LogP) is 1.56. The van der Waals surface area contributed by atoms with Gasteiger partial charge in [0.05, 0.1) is 11.4 Å². The molecule has 2 aromatic rings. The van der Waals surface area contributed by atoms with Crippen molar-refractivity contribution in [1.82, 2.24) is 20.0 Å². The van der Waals surface area contributed by atoms with Crippen molar-refractivity contribution in [3.8, 4) is 0 Å². The molecule has 0 unspecified atom stereocenters. The molecule has 1 aromatic heterocycles. The minimum atomic E-state index is -3.71. The Labute approximate surface area is 140 Å². The van der Waals surface area contributed by atoms with E-state index in [2.05, 4.69) is 20.0 Å². The molecule has 1 aromatic carbocycles. The Kier molecular flexibility index (Phi) is 4.96. The van der Waals surface area contributed by atoms with Crippen LogP contribution in [0.2, 0.25) is 0 Å². The largest absolute Gasteiger partial charge is 0.349 e. The summed E-state index contributed by atoms with van der Waals surface area (Å²) in [7, 11) is -3.71. The maximum Gasteiger partial charge on any atom is 0.251 e. The zero-order chi connectivity index (χ0) is 17.0. The van der Waals surface area contributed by atoms with Gasteiger partial charge in [0.1, 0.15) is 5.82 Å². The third-order valence-electron chi connectivity index (χ3n) is 4.08. The first-order valence-electron chi connectivity index (χ1n) is 7.93. The predicted molar refractivity (Wildman–Crippen MR) is 88.8 cm³/mol. The number of benzene rings is 1. The molecular weight excluding hydrogens is 328 g/mol. The average molecular weight is 348 g/mol. The molecule has 7 nitrogen and oxygen atoms in total. The van der Waals surface area contributed by atoms with Gasteiger partial charge >= 0.3 is 0 Å². The maximum absolute atomic E-state index is 12.4. The molecule has 1 aliphatic carbocycles. The van der Waals surface area contributed by atoms with Crippen molar-refractivity contribution in [2.24, 2.45) is 0 Å². The first-order valence-corrected chi connectivity index (χ1v) is 9.42. The second-order valence-corrected chi connectivity index (χ2v) is 7.61. The van der Waals surface area contributed by atoms with Crippen LogP contribution in [0.5, 0.6) is 0 Å². The number of hydrogen-bond acceptors (Lipinski definition) is 4. The maximum atomic E-state index is 12.4. The Morgan fingerprint density at radius 2 is 2.08 bits per heavy atom. The summed E-state index contributed by atoms with van der Waals surface area (Å²) in [5.41, 5.74) is 0.350. The van der Waals surface area contributed by atoms with Crippen LogP contribution < -0.4 is 10.0 Å². The van der Waals surface area contributed by atoms with Crippen LogP contribution in [0, 0.1) is 0 Å². The topological polar surface area (TPSA) is 104 Å². The molecule has 3 rings (SSSR count). The van der Waals surface area contributed by atoms with E-state index >= 15 is 0 Å². The summed E-state index contributed by atoms with van der Waals surface area (Å²) in [6.07, 6.45) is 7.38. The lowest BCUT2D eigenvalue weighted by atomic mass is 10.2. The van der Waals surface area contributed by atoms with Gasteiger partial charge in [0, 0.05) is 24.0 Å². The number of amides is 1. The quantitative estimate of drug-likeness (QED) is 0.737. The Morgan fingerprint density at radius 3 is 2.79 bits per heavy atom. The number of aromatic nitrogens is 2. The van der Waals surface area contributed by atoms with Crippen LogP contribution >= 0.6 is 0 Å². The van der Waals surface area contributed by atoms with Crippen LogP contribution in [0.25, 0.3) is 0 Å². The summed E-state index contributed by atoms with van der Waals surface area (Å²) in [6, 6.07) is 6.25. The monoisotopic (exact) mass is 348 g/mol. The second-order valence-electron chi connectivity index (χ2n) is 5.84. The molecule has 0 saturated heterocycles. The highest BCUT2D eigenvalue weighted by Gasteiger charge is 2.20. The number of carbonyl (C=O) groups excluding carboxylic acids is 1. The fraction of sp³-hybridized carbons (Fsp3) is 0.375. The molecule has 1 fully saturated rings. The van der Waals surface area contributed by atoms with Crippen LogP contribution in [0.1, 0.15) is 41.9 Å². The first kappa shape index (κ1) is 16.7. The molecule has 8 heteroatoms. The molecule has 1 amide bonds. The first-order chi connectivity index (χ1) is 11.5. The van der Waals surface area contributed by atoms with Gasteiger partial charge in [0.2, 0.25) is 10.0 Å². The minimum Gasteiger partial charge on any atom is -0.349 e. The number of sulfonamides is 1. The number of H-pyrrole nitrogens is 1. The highest BCUT2D eigenvalue weighted by molar-refractivity contribution is 7.89. The van der Waals surface area contributed by atoms with Crippen molar-refractivity contribution in [2.75, 3.05) is 0 Å². The molecular formula is C16H20N4O3S. The number of carbonyl (C=O) groups is 1. The van der Waals surface area contributed by atoms with Crippen molar-refractivity contribution in [3.05, 3.63) is 48.0 Å². The zero-order valence-electron chi connectivity index (χ0n) is 13.2. The molecule has 0 radical (unpaired) electrons. The van der Waals surface area contributed by atoms with Crippen molar-refractivity contribution in [2.45, 2.75) is 43.2 Å². The van der Waals surface area contributed by atoms with E-state index in [-0.39, 0.29) is 23.4 Å². The van der Waals surface area contributed by atoms with Gasteiger partial charge in [0.15, 0.2) is 0 Å². The highest BCUT2D eigenvalue weighted by Crippen LogP contribution is 2.19. The van der Waals surface area contributed by atoms with Gasteiger partial charge in [-0.15, -0.1) is 0 Å². The summed E-state index contributed by atoms with van der Waals surface area (Å²) >= 11 is 0. The van der Waals surface area contributed by atoms with E-state index in [0.29, 0.717) is 11.4 Å². The number of nitrogens with zero attached hydrogens (tertiary/aromatic N) is 1. The number of nitrogens with one attached hydrogen (secondary N) is 3. The Hall–Kier alpha value is -2.19. The van der Waals surface area contributed by atoms with E-state index in [9.17, 15) is 13.2 Å². The zero-order valence-corrected chi connectivity index (χ0v) is 14.0. The van der Waals surface area contributed by atoms with E-state index in [1.54, 1.807) is 24.5 Å². The molecule has 0 aliphatic heterocycles. The third-order valence-corrected chi connectivity index (χ3v) is 5.48. The van der Waals surface area contributed by atoms with Crippen LogP contribution in [-0.2, 0) is 16.6 Å². The lowest BCUT2D eigenvalue weighted by Crippen LogP contribution is -2.32. The number of hydrogen-bond donors (Lipinski definition) is 3. The third kappa shape index (κ3) is 4.01. The number of imidazole rings is 1. The summed E-state index contributed by atoms with van der Waals surface area (Å²) in [6.45, 7) is 0.0633. The normalized spacial score (nSPS) is 15.5. The molecule has 0 spiro atoms. The Bertz CT molecular complexity index is 796. The second kappa shape index (κ2) is 7.14. The standard InChI is InChI=1S/C16H20N4O3S/c21-16(20-13-5-1-2-6-13)12-4-3-7-14(10-12)24(22,23)19-11-15-17-8-9-18-15/h3-4,7-10,13,19H,1-2,5-6,11H2,(H,17,18)(H,20,21). The summed E-state index contributed by atoms with van der Waals surface area (Å²) in [5, 5.41) is 2.96. The molecule has 1 heterocycles. The summed E-state index contributed by atoms with van der Waals surface area (Å²) in [4.78, 5) is 19.1. The lowest BCUT2D eigenvalue weighted by molar-refractivity contribution is 0.0937. The minimum absolute atomic E-state index is 0.0631. The van der Waals surface area contributed by atoms with Crippen LogP contribution in [0.15, 0.2) is 41.6 Å². The van der Waals surface area contributed by atoms with E-state index in [1.165, 1.54) is 12.1 Å². The fourth-order valence-corrected chi connectivity index (χ4v) is 3.82. The van der Waals surface area contributed by atoms with Crippen molar-refractivity contribution < 1.29 is 13.2 Å². The molecule has 1 saturated carbocycles. The van der Waals surface area contributed by atoms with Gasteiger partial charge in [-0.25, -0.2) is 18.1 Å². The smallest absolute Gasteiger partial charge is 0.251 e. The Balaban J connectivity index is 1.70. The molecule has 128 valence electrons. The number of aromatic amines is 1. The van der Waals surface area contributed by atoms with E-state index in [4.69, 9.17) is 0 Å². The number of rotatable bonds is 6. The van der Waals surface area contributed by atoms with Gasteiger partial charge in [0.25, 0.3) is 5.91 Å². The fourth-order valence-electron chi connectivity index (χ4n) is 2.78. The van der Waals surface area contributed by atoms with E-state index < -0.39 is 10.0 Å². The lowest BCUT2D eigenvalue weighted by Gasteiger charge is -2.12. The molecule has 0 atom stereocenters. The van der Waals surface area contributed by atoms with Gasteiger partial charge in [-0.3, -0.25) is 4.79 Å². The Morgan fingerprint density at radius 1 is 1.29 bits per heavy atom. The van der Waals surface area contributed by atoms with Gasteiger partial charge in [-0.1, -0.05) is 18.9 Å². The van der Waals surface area contributed by atoms with E-state index in [1.807, 2.05) is 0 Å². The van der Waals surface area contributed by atoms with E-state index in [0.717, 1.165) is 25.7 Å². The SMILES string of the molecule is O=C(NC1CCCC1)c1cccc(S(=O)(=O)NCc2ncc[nH]2)c1.